The number of halogens is 1. The fraction of sp³-hybridized carbons (Fsp3) is 0.409. The average molecular weight is 481 g/mol. The predicted octanol–water partition coefficient (Wildman–Crippen LogP) is 2.89. The van der Waals surface area contributed by atoms with Gasteiger partial charge in [0.05, 0.1) is 19.1 Å². The Labute approximate surface area is 194 Å². The molecular formula is C22H29ClN4O4S. The van der Waals surface area contributed by atoms with E-state index in [-0.39, 0.29) is 5.69 Å². The smallest absolute Gasteiger partial charge is 0.247 e. The molecule has 10 heteroatoms. The predicted molar refractivity (Wildman–Crippen MR) is 130 cm³/mol. The lowest BCUT2D eigenvalue weighted by molar-refractivity contribution is -0.116. The highest BCUT2D eigenvalue weighted by atomic mass is 35.5. The standard InChI is InChI=1S/C22H29ClN4O4S/c1-16(27(32(4,29)30)20-15-17(23)5-10-21(20)31-3)22(28)24-18-6-8-19(9-7-18)26-13-11-25(2)12-14-26/h5-10,15-16H,11-14H2,1-4H3,(H,24,28). The number of amides is 1. The number of nitrogens with one attached hydrogen (secondary N) is 1. The largest absolute Gasteiger partial charge is 0.495 e. The maximum absolute atomic E-state index is 13.0. The van der Waals surface area contributed by atoms with E-state index < -0.39 is 22.0 Å². The molecule has 1 aliphatic rings. The molecule has 32 heavy (non-hydrogen) atoms. The number of anilines is 3. The number of methoxy groups -OCH3 is 1. The molecule has 1 atom stereocenters. The minimum Gasteiger partial charge on any atom is -0.495 e. The lowest BCUT2D eigenvalue weighted by Crippen LogP contribution is -2.45. The topological polar surface area (TPSA) is 82.2 Å². The molecule has 2 aromatic carbocycles. The van der Waals surface area contributed by atoms with E-state index in [1.165, 1.54) is 20.1 Å². The third-order valence-electron chi connectivity index (χ3n) is 5.47. The zero-order chi connectivity index (χ0) is 23.5. The molecule has 0 spiro atoms. The first-order valence-electron chi connectivity index (χ1n) is 10.3. The van der Waals surface area contributed by atoms with Crippen LogP contribution >= 0.6 is 11.6 Å². The van der Waals surface area contributed by atoms with E-state index in [2.05, 4.69) is 22.2 Å². The Kier molecular flexibility index (Phi) is 7.53. The first kappa shape index (κ1) is 24.2. The zero-order valence-electron chi connectivity index (χ0n) is 18.7. The summed E-state index contributed by atoms with van der Waals surface area (Å²) < 4.78 is 31.5. The van der Waals surface area contributed by atoms with Crippen LogP contribution in [0.3, 0.4) is 0 Å². The van der Waals surface area contributed by atoms with Crippen LogP contribution in [-0.2, 0) is 14.8 Å². The second-order valence-electron chi connectivity index (χ2n) is 7.88. The van der Waals surface area contributed by atoms with Gasteiger partial charge in [0.25, 0.3) is 0 Å². The third kappa shape index (κ3) is 5.65. The summed E-state index contributed by atoms with van der Waals surface area (Å²) in [6.45, 7) is 5.43. The van der Waals surface area contributed by atoms with Gasteiger partial charge in [0.1, 0.15) is 11.8 Å². The maximum atomic E-state index is 13.0. The van der Waals surface area contributed by atoms with Gasteiger partial charge in [-0.15, -0.1) is 0 Å². The summed E-state index contributed by atoms with van der Waals surface area (Å²) in [6.07, 6.45) is 1.04. The normalized spacial score (nSPS) is 15.8. The number of carbonyl (C=O) groups is 1. The summed E-state index contributed by atoms with van der Waals surface area (Å²) in [5.74, 6) is -0.166. The van der Waals surface area contributed by atoms with Crippen molar-refractivity contribution < 1.29 is 17.9 Å². The van der Waals surface area contributed by atoms with Gasteiger partial charge in [-0.1, -0.05) is 11.6 Å². The van der Waals surface area contributed by atoms with Crippen molar-refractivity contribution in [1.82, 2.24) is 4.90 Å². The molecule has 0 radical (unpaired) electrons. The third-order valence-corrected chi connectivity index (χ3v) is 6.93. The highest BCUT2D eigenvalue weighted by Crippen LogP contribution is 2.34. The Balaban J connectivity index is 1.78. The quantitative estimate of drug-likeness (QED) is 0.656. The molecule has 1 amide bonds. The zero-order valence-corrected chi connectivity index (χ0v) is 20.3. The summed E-state index contributed by atoms with van der Waals surface area (Å²) in [4.78, 5) is 17.6. The van der Waals surface area contributed by atoms with Crippen LogP contribution in [0, 0.1) is 0 Å². The Bertz CT molecular complexity index is 1050. The second kappa shape index (κ2) is 9.97. The van der Waals surface area contributed by atoms with Crippen molar-refractivity contribution in [1.29, 1.82) is 0 Å². The lowest BCUT2D eigenvalue weighted by atomic mass is 10.2. The average Bonchev–Trinajstić information content (AvgIpc) is 2.74. The molecule has 1 saturated heterocycles. The van der Waals surface area contributed by atoms with E-state index >= 15 is 0 Å². The van der Waals surface area contributed by atoms with Gasteiger partial charge in [0, 0.05) is 42.6 Å². The Hall–Kier alpha value is -2.49. The van der Waals surface area contributed by atoms with Crippen molar-refractivity contribution in [2.45, 2.75) is 13.0 Å². The Morgan fingerprint density at radius 3 is 2.31 bits per heavy atom. The first-order chi connectivity index (χ1) is 15.1. The van der Waals surface area contributed by atoms with Crippen LogP contribution in [0.15, 0.2) is 42.5 Å². The van der Waals surface area contributed by atoms with Gasteiger partial charge in [-0.05, 0) is 56.4 Å². The summed E-state index contributed by atoms with van der Waals surface area (Å²) in [5, 5.41) is 3.14. The van der Waals surface area contributed by atoms with Gasteiger partial charge in [-0.25, -0.2) is 8.42 Å². The van der Waals surface area contributed by atoms with Gasteiger partial charge >= 0.3 is 0 Å². The van der Waals surface area contributed by atoms with E-state index in [0.717, 1.165) is 42.4 Å². The monoisotopic (exact) mass is 480 g/mol. The highest BCUT2D eigenvalue weighted by Gasteiger charge is 2.31. The molecule has 1 fully saturated rings. The SMILES string of the molecule is COc1ccc(Cl)cc1N(C(C)C(=O)Nc1ccc(N2CCN(C)CC2)cc1)S(C)(=O)=O. The number of likely N-dealkylation sites (N-methyl/N-ethyl adjacent to an activating group) is 1. The molecule has 1 N–H and O–H groups in total. The fourth-order valence-electron chi connectivity index (χ4n) is 3.68. The minimum atomic E-state index is -3.81. The van der Waals surface area contributed by atoms with Crippen LogP contribution in [0.25, 0.3) is 0 Å². The molecule has 0 saturated carbocycles. The van der Waals surface area contributed by atoms with Gasteiger partial charge in [-0.3, -0.25) is 9.10 Å². The number of hydrogen-bond acceptors (Lipinski definition) is 6. The number of piperazine rings is 1. The molecule has 0 aliphatic carbocycles. The van der Waals surface area contributed by atoms with Crippen LogP contribution in [0.2, 0.25) is 5.02 Å². The van der Waals surface area contributed by atoms with E-state index in [1.54, 1.807) is 12.1 Å². The molecule has 3 rings (SSSR count). The Morgan fingerprint density at radius 2 is 1.75 bits per heavy atom. The molecule has 1 unspecified atom stereocenters. The highest BCUT2D eigenvalue weighted by molar-refractivity contribution is 7.92. The molecule has 0 aromatic heterocycles. The molecule has 0 bridgehead atoms. The second-order valence-corrected chi connectivity index (χ2v) is 10.2. The number of nitrogens with zero attached hydrogens (tertiary/aromatic N) is 3. The van der Waals surface area contributed by atoms with E-state index in [0.29, 0.717) is 16.5 Å². The van der Waals surface area contributed by atoms with Crippen molar-refractivity contribution in [2.24, 2.45) is 0 Å². The van der Waals surface area contributed by atoms with Crippen LogP contribution in [0.1, 0.15) is 6.92 Å². The summed E-state index contributed by atoms with van der Waals surface area (Å²) in [7, 11) is -0.269. The molecule has 1 aliphatic heterocycles. The lowest BCUT2D eigenvalue weighted by Gasteiger charge is -2.34. The van der Waals surface area contributed by atoms with Crippen LogP contribution in [0.4, 0.5) is 17.1 Å². The van der Waals surface area contributed by atoms with Crippen LogP contribution in [-0.4, -0.2) is 71.9 Å². The number of hydrogen-bond donors (Lipinski definition) is 1. The van der Waals surface area contributed by atoms with Crippen LogP contribution in [0.5, 0.6) is 5.75 Å². The van der Waals surface area contributed by atoms with E-state index in [1.807, 2.05) is 24.3 Å². The minimum absolute atomic E-state index is 0.204. The first-order valence-corrected chi connectivity index (χ1v) is 12.5. The molecular weight excluding hydrogens is 452 g/mol. The maximum Gasteiger partial charge on any atom is 0.247 e. The summed E-state index contributed by atoms with van der Waals surface area (Å²) >= 11 is 6.08. The van der Waals surface area contributed by atoms with E-state index in [4.69, 9.17) is 16.3 Å². The molecule has 174 valence electrons. The number of sulfonamides is 1. The number of ether oxygens (including phenoxy) is 1. The van der Waals surface area contributed by atoms with Crippen LogP contribution < -0.4 is 19.3 Å². The number of benzene rings is 2. The van der Waals surface area contributed by atoms with Crippen molar-refractivity contribution in [3.8, 4) is 5.75 Å². The van der Waals surface area contributed by atoms with Crippen molar-refractivity contribution in [3.05, 3.63) is 47.5 Å². The van der Waals surface area contributed by atoms with Gasteiger partial charge in [0.15, 0.2) is 0 Å². The van der Waals surface area contributed by atoms with Gasteiger partial charge < -0.3 is 19.9 Å². The summed E-state index contributed by atoms with van der Waals surface area (Å²) in [5.41, 5.74) is 1.88. The number of carbonyl (C=O) groups excluding carboxylic acids is 1. The fourth-order valence-corrected chi connectivity index (χ4v) is 5.02. The van der Waals surface area contributed by atoms with Gasteiger partial charge in [-0.2, -0.15) is 0 Å². The molecule has 8 nitrogen and oxygen atoms in total. The summed E-state index contributed by atoms with van der Waals surface area (Å²) in [6, 6.07) is 11.2. The van der Waals surface area contributed by atoms with Crippen molar-refractivity contribution in [2.75, 3.05) is 61.1 Å². The van der Waals surface area contributed by atoms with E-state index in [9.17, 15) is 13.2 Å². The molecule has 1 heterocycles. The molecule has 2 aromatic rings. The Morgan fingerprint density at radius 1 is 1.12 bits per heavy atom. The van der Waals surface area contributed by atoms with Crippen molar-refractivity contribution in [3.63, 3.8) is 0 Å². The van der Waals surface area contributed by atoms with Gasteiger partial charge in [0.2, 0.25) is 15.9 Å². The van der Waals surface area contributed by atoms with Crippen molar-refractivity contribution >= 4 is 44.6 Å². The number of rotatable bonds is 7.